The standard InChI is InChI=1S/C27H28N2O3/c1-4-31-24(30)14-9-17-29-22-13-8-7-12-21(22)26(2,3)27(29)18-28-25-20-11-6-5-10-19(20)15-16-23(25)32-27/h5-8,10-13,15-16,18H,4,9,14,17H2,1-3H3. The van der Waals surface area contributed by atoms with E-state index in [1.54, 1.807) is 0 Å². The molecule has 0 aromatic heterocycles. The topological polar surface area (TPSA) is 51.1 Å². The summed E-state index contributed by atoms with van der Waals surface area (Å²) < 4.78 is 12.0. The minimum absolute atomic E-state index is 0.164. The van der Waals surface area contributed by atoms with Gasteiger partial charge in [0.2, 0.25) is 5.72 Å². The highest BCUT2D eigenvalue weighted by atomic mass is 16.5. The highest BCUT2D eigenvalue weighted by Crippen LogP contribution is 2.54. The van der Waals surface area contributed by atoms with Gasteiger partial charge in [-0.05, 0) is 50.3 Å². The number of aliphatic imine (C=N–C) groups is 1. The maximum atomic E-state index is 11.9. The van der Waals surface area contributed by atoms with E-state index in [1.165, 1.54) is 5.56 Å². The molecular formula is C27H28N2O3. The fourth-order valence-electron chi connectivity index (χ4n) is 5.06. The predicted molar refractivity (Wildman–Crippen MR) is 128 cm³/mol. The van der Waals surface area contributed by atoms with E-state index in [4.69, 9.17) is 14.5 Å². The molecule has 5 heteroatoms. The third kappa shape index (κ3) is 2.99. The molecule has 1 unspecified atom stereocenters. The average molecular weight is 429 g/mol. The van der Waals surface area contributed by atoms with Gasteiger partial charge in [0.1, 0.15) is 11.4 Å². The summed E-state index contributed by atoms with van der Waals surface area (Å²) >= 11 is 0. The van der Waals surface area contributed by atoms with Gasteiger partial charge in [-0.3, -0.25) is 9.79 Å². The third-order valence-electron chi connectivity index (χ3n) is 6.73. The molecule has 0 amide bonds. The van der Waals surface area contributed by atoms with Gasteiger partial charge >= 0.3 is 5.97 Å². The minimum atomic E-state index is -0.777. The number of carbonyl (C=O) groups excluding carboxylic acids is 1. The van der Waals surface area contributed by atoms with Gasteiger partial charge in [0, 0.05) is 24.0 Å². The fraction of sp³-hybridized carbons (Fsp3) is 0.333. The van der Waals surface area contributed by atoms with Crippen LogP contribution >= 0.6 is 0 Å². The van der Waals surface area contributed by atoms with E-state index in [1.807, 2.05) is 37.4 Å². The number of carbonyl (C=O) groups is 1. The Morgan fingerprint density at radius 1 is 1.06 bits per heavy atom. The molecule has 0 fully saturated rings. The molecule has 3 aromatic rings. The Morgan fingerprint density at radius 2 is 1.84 bits per heavy atom. The SMILES string of the molecule is CCOC(=O)CCCN1c2ccccc2C(C)(C)C12C=Nc1c(ccc3ccccc13)O2. The number of rotatable bonds is 5. The molecule has 0 radical (unpaired) electrons. The number of hydrogen-bond acceptors (Lipinski definition) is 5. The first kappa shape index (κ1) is 20.6. The molecule has 164 valence electrons. The first-order valence-corrected chi connectivity index (χ1v) is 11.3. The number of nitrogens with zero attached hydrogens (tertiary/aromatic N) is 2. The van der Waals surface area contributed by atoms with Crippen molar-refractivity contribution >= 4 is 34.3 Å². The van der Waals surface area contributed by atoms with Gasteiger partial charge in [-0.15, -0.1) is 0 Å². The van der Waals surface area contributed by atoms with Gasteiger partial charge in [-0.25, -0.2) is 0 Å². The number of ether oxygens (including phenoxy) is 2. The quantitative estimate of drug-likeness (QED) is 0.484. The van der Waals surface area contributed by atoms with Gasteiger partial charge < -0.3 is 14.4 Å². The van der Waals surface area contributed by atoms with Gasteiger partial charge in [0.15, 0.2) is 0 Å². The fourth-order valence-corrected chi connectivity index (χ4v) is 5.06. The van der Waals surface area contributed by atoms with Crippen LogP contribution in [0, 0.1) is 0 Å². The van der Waals surface area contributed by atoms with E-state index in [0.29, 0.717) is 26.0 Å². The lowest BCUT2D eigenvalue weighted by molar-refractivity contribution is -0.143. The molecule has 1 atom stereocenters. The Balaban J connectivity index is 1.56. The van der Waals surface area contributed by atoms with E-state index in [0.717, 1.165) is 27.9 Å². The van der Waals surface area contributed by atoms with Gasteiger partial charge in [0.25, 0.3) is 0 Å². The zero-order chi connectivity index (χ0) is 22.3. The van der Waals surface area contributed by atoms with Crippen LogP contribution in [0.4, 0.5) is 11.4 Å². The van der Waals surface area contributed by atoms with Crippen LogP contribution in [0.3, 0.4) is 0 Å². The number of anilines is 1. The van der Waals surface area contributed by atoms with Gasteiger partial charge in [0.05, 0.1) is 18.2 Å². The third-order valence-corrected chi connectivity index (χ3v) is 6.73. The molecule has 2 aliphatic heterocycles. The minimum Gasteiger partial charge on any atom is -0.466 e. The van der Waals surface area contributed by atoms with Crippen LogP contribution < -0.4 is 9.64 Å². The van der Waals surface area contributed by atoms with Crippen LogP contribution in [0.2, 0.25) is 0 Å². The lowest BCUT2D eigenvalue weighted by Crippen LogP contribution is -2.62. The smallest absolute Gasteiger partial charge is 0.305 e. The maximum Gasteiger partial charge on any atom is 0.305 e. The van der Waals surface area contributed by atoms with Crippen molar-refractivity contribution in [1.29, 1.82) is 0 Å². The van der Waals surface area contributed by atoms with Crippen molar-refractivity contribution in [3.8, 4) is 5.75 Å². The summed E-state index contributed by atoms with van der Waals surface area (Å²) in [5, 5.41) is 2.22. The van der Waals surface area contributed by atoms with E-state index < -0.39 is 5.72 Å². The van der Waals surface area contributed by atoms with Crippen molar-refractivity contribution < 1.29 is 14.3 Å². The lowest BCUT2D eigenvalue weighted by atomic mass is 9.77. The zero-order valence-corrected chi connectivity index (χ0v) is 18.8. The summed E-state index contributed by atoms with van der Waals surface area (Å²) in [5.41, 5.74) is 2.08. The largest absolute Gasteiger partial charge is 0.466 e. The number of esters is 1. The molecule has 5 nitrogen and oxygen atoms in total. The highest BCUT2D eigenvalue weighted by molar-refractivity contribution is 5.99. The van der Waals surface area contributed by atoms with Crippen LogP contribution in [0.5, 0.6) is 5.75 Å². The molecule has 3 aromatic carbocycles. The van der Waals surface area contributed by atoms with Crippen molar-refractivity contribution in [2.75, 3.05) is 18.1 Å². The normalized spacial score (nSPS) is 20.2. The monoisotopic (exact) mass is 428 g/mol. The van der Waals surface area contributed by atoms with Gasteiger partial charge in [-0.1, -0.05) is 48.5 Å². The Bertz CT molecular complexity index is 1220. The van der Waals surface area contributed by atoms with Crippen LogP contribution in [0.1, 0.15) is 39.2 Å². The van der Waals surface area contributed by atoms with Crippen LogP contribution in [-0.4, -0.2) is 31.1 Å². The molecule has 2 heterocycles. The van der Waals surface area contributed by atoms with Crippen LogP contribution in [0.15, 0.2) is 65.7 Å². The second-order valence-corrected chi connectivity index (χ2v) is 8.89. The number of benzene rings is 3. The van der Waals surface area contributed by atoms with Crippen molar-refractivity contribution in [3.05, 3.63) is 66.2 Å². The Morgan fingerprint density at radius 3 is 2.69 bits per heavy atom. The molecule has 32 heavy (non-hydrogen) atoms. The van der Waals surface area contributed by atoms with Crippen molar-refractivity contribution in [2.45, 2.75) is 44.8 Å². The first-order valence-electron chi connectivity index (χ1n) is 11.3. The predicted octanol–water partition coefficient (Wildman–Crippen LogP) is 5.77. The summed E-state index contributed by atoms with van der Waals surface area (Å²) in [4.78, 5) is 19.2. The molecule has 0 saturated heterocycles. The second-order valence-electron chi connectivity index (χ2n) is 8.89. The molecule has 1 spiro atoms. The number of hydrogen-bond donors (Lipinski definition) is 0. The van der Waals surface area contributed by atoms with E-state index in [2.05, 4.69) is 55.1 Å². The molecule has 0 bridgehead atoms. The molecule has 0 saturated carbocycles. The Kier molecular flexibility index (Phi) is 4.92. The Labute approximate surface area is 188 Å². The molecule has 5 rings (SSSR count). The number of para-hydroxylation sites is 1. The van der Waals surface area contributed by atoms with Crippen molar-refractivity contribution in [1.82, 2.24) is 0 Å². The maximum absolute atomic E-state index is 11.9. The Hall–Kier alpha value is -3.34. The van der Waals surface area contributed by atoms with Crippen LogP contribution in [-0.2, 0) is 14.9 Å². The van der Waals surface area contributed by atoms with Crippen LogP contribution in [0.25, 0.3) is 10.8 Å². The molecular weight excluding hydrogens is 400 g/mol. The van der Waals surface area contributed by atoms with E-state index in [9.17, 15) is 4.79 Å². The lowest BCUT2D eigenvalue weighted by Gasteiger charge is -2.46. The summed E-state index contributed by atoms with van der Waals surface area (Å²) in [6, 6.07) is 20.7. The average Bonchev–Trinajstić information content (AvgIpc) is 2.98. The van der Waals surface area contributed by atoms with E-state index >= 15 is 0 Å². The summed E-state index contributed by atoms with van der Waals surface area (Å²) in [5.74, 6) is 0.616. The van der Waals surface area contributed by atoms with Crippen molar-refractivity contribution in [2.24, 2.45) is 4.99 Å². The molecule has 2 aliphatic rings. The molecule has 0 aliphatic carbocycles. The highest BCUT2D eigenvalue weighted by Gasteiger charge is 2.59. The summed E-state index contributed by atoms with van der Waals surface area (Å²) in [6.07, 6.45) is 3.01. The zero-order valence-electron chi connectivity index (χ0n) is 18.8. The summed E-state index contributed by atoms with van der Waals surface area (Å²) in [7, 11) is 0. The van der Waals surface area contributed by atoms with E-state index in [-0.39, 0.29) is 11.4 Å². The molecule has 0 N–H and O–H groups in total. The number of fused-ring (bicyclic) bond motifs is 4. The summed E-state index contributed by atoms with van der Waals surface area (Å²) in [6.45, 7) is 7.31. The first-order chi connectivity index (χ1) is 15.5. The van der Waals surface area contributed by atoms with Crippen molar-refractivity contribution in [3.63, 3.8) is 0 Å². The second kappa shape index (κ2) is 7.66. The van der Waals surface area contributed by atoms with Gasteiger partial charge in [-0.2, -0.15) is 0 Å².